The van der Waals surface area contributed by atoms with Gasteiger partial charge in [0.2, 0.25) is 0 Å². The molecule has 0 heterocycles. The van der Waals surface area contributed by atoms with Crippen molar-refractivity contribution in [1.82, 2.24) is 5.32 Å². The van der Waals surface area contributed by atoms with Crippen LogP contribution >= 0.6 is 0 Å². The van der Waals surface area contributed by atoms with Crippen LogP contribution in [0.2, 0.25) is 0 Å². The third kappa shape index (κ3) is 3.15. The second-order valence-corrected chi connectivity index (χ2v) is 4.68. The number of carbonyl (C=O) groups excluding carboxylic acids is 1. The molecule has 6 heteroatoms. The van der Waals surface area contributed by atoms with Gasteiger partial charge in [0.15, 0.2) is 0 Å². The molecule has 0 aliphatic heterocycles. The lowest BCUT2D eigenvalue weighted by atomic mass is 10.2. The quantitative estimate of drug-likeness (QED) is 0.766. The molecule has 0 aromatic heterocycles. The first-order valence-electron chi connectivity index (χ1n) is 6.05. The summed E-state index contributed by atoms with van der Waals surface area (Å²) in [6, 6.07) is 4.81. The van der Waals surface area contributed by atoms with Gasteiger partial charge in [0, 0.05) is 12.7 Å². The summed E-state index contributed by atoms with van der Waals surface area (Å²) < 4.78 is 0. The predicted molar refractivity (Wildman–Crippen MR) is 69.2 cm³/mol. The van der Waals surface area contributed by atoms with Crippen molar-refractivity contribution < 1.29 is 19.8 Å². The molecule has 1 aliphatic carbocycles. The Kier molecular flexibility index (Phi) is 3.59. The molecule has 2 amide bonds. The van der Waals surface area contributed by atoms with Gasteiger partial charge in [-0.1, -0.05) is 0 Å². The van der Waals surface area contributed by atoms with Crippen LogP contribution in [0.25, 0.3) is 0 Å². The first-order valence-corrected chi connectivity index (χ1v) is 6.05. The minimum Gasteiger partial charge on any atom is -0.508 e. The van der Waals surface area contributed by atoms with E-state index in [0.29, 0.717) is 5.69 Å². The van der Waals surface area contributed by atoms with Crippen LogP contribution < -0.4 is 10.2 Å². The summed E-state index contributed by atoms with van der Waals surface area (Å²) in [5.41, 5.74) is 0.579. The highest BCUT2D eigenvalue weighted by Crippen LogP contribution is 2.32. The number of carboxylic acids is 1. The molecule has 19 heavy (non-hydrogen) atoms. The van der Waals surface area contributed by atoms with Crippen LogP contribution in [-0.4, -0.2) is 35.3 Å². The number of hydrogen-bond donors (Lipinski definition) is 3. The van der Waals surface area contributed by atoms with Crippen molar-refractivity contribution >= 4 is 17.7 Å². The molecule has 6 nitrogen and oxygen atoms in total. The highest BCUT2D eigenvalue weighted by Gasteiger charge is 2.37. The number of carbonyl (C=O) groups is 2. The molecule has 2 rings (SSSR count). The van der Waals surface area contributed by atoms with Gasteiger partial charge < -0.3 is 15.5 Å². The summed E-state index contributed by atoms with van der Waals surface area (Å²) in [5, 5.41) is 20.8. The lowest BCUT2D eigenvalue weighted by Gasteiger charge is -2.21. The van der Waals surface area contributed by atoms with Gasteiger partial charge in [0.1, 0.15) is 11.8 Å². The lowest BCUT2D eigenvalue weighted by Crippen LogP contribution is -2.47. The average Bonchev–Trinajstić information content (AvgIpc) is 3.19. The van der Waals surface area contributed by atoms with E-state index in [2.05, 4.69) is 5.32 Å². The van der Waals surface area contributed by atoms with Crippen molar-refractivity contribution in [3.05, 3.63) is 24.3 Å². The Hall–Kier alpha value is -2.24. The number of phenols is 1. The summed E-state index contributed by atoms with van der Waals surface area (Å²) in [6.45, 7) is 0. The van der Waals surface area contributed by atoms with Gasteiger partial charge in [-0.05, 0) is 43.0 Å². The van der Waals surface area contributed by atoms with Crippen molar-refractivity contribution in [2.45, 2.75) is 18.9 Å². The molecule has 0 radical (unpaired) electrons. The van der Waals surface area contributed by atoms with Crippen molar-refractivity contribution in [2.75, 3.05) is 11.9 Å². The first kappa shape index (κ1) is 13.2. The van der Waals surface area contributed by atoms with E-state index in [4.69, 9.17) is 5.11 Å². The second-order valence-electron chi connectivity index (χ2n) is 4.68. The Balaban J connectivity index is 2.02. The highest BCUT2D eigenvalue weighted by molar-refractivity contribution is 5.94. The smallest absolute Gasteiger partial charge is 0.326 e. The maximum absolute atomic E-state index is 12.0. The van der Waals surface area contributed by atoms with E-state index in [0.717, 1.165) is 12.8 Å². The Morgan fingerprint density at radius 1 is 1.32 bits per heavy atom. The molecular weight excluding hydrogens is 248 g/mol. The number of anilines is 1. The van der Waals surface area contributed by atoms with Gasteiger partial charge in [0.25, 0.3) is 0 Å². The number of amides is 2. The molecule has 0 bridgehead atoms. The van der Waals surface area contributed by atoms with E-state index in [1.807, 2.05) is 0 Å². The van der Waals surface area contributed by atoms with Crippen LogP contribution in [0.4, 0.5) is 10.5 Å². The molecule has 1 saturated carbocycles. The fraction of sp³-hybridized carbons (Fsp3) is 0.385. The normalized spacial score (nSPS) is 15.6. The molecule has 1 atom stereocenters. The second kappa shape index (κ2) is 5.17. The van der Waals surface area contributed by atoms with Crippen molar-refractivity contribution in [2.24, 2.45) is 5.92 Å². The number of phenolic OH excluding ortho intramolecular Hbond substituents is 1. The van der Waals surface area contributed by atoms with Crippen LogP contribution in [0, 0.1) is 5.92 Å². The molecule has 1 aliphatic rings. The van der Waals surface area contributed by atoms with Crippen LogP contribution in [0.15, 0.2) is 24.3 Å². The van der Waals surface area contributed by atoms with E-state index in [-0.39, 0.29) is 11.7 Å². The minimum atomic E-state index is -1.00. The number of benzene rings is 1. The topological polar surface area (TPSA) is 89.9 Å². The summed E-state index contributed by atoms with van der Waals surface area (Å²) in [6.07, 6.45) is 1.67. The van der Waals surface area contributed by atoms with Crippen LogP contribution in [-0.2, 0) is 4.79 Å². The summed E-state index contributed by atoms with van der Waals surface area (Å²) >= 11 is 0. The maximum Gasteiger partial charge on any atom is 0.326 e. The van der Waals surface area contributed by atoms with Gasteiger partial charge in [0.05, 0.1) is 0 Å². The molecule has 3 N–H and O–H groups in total. The Morgan fingerprint density at radius 3 is 2.37 bits per heavy atom. The summed E-state index contributed by atoms with van der Waals surface area (Å²) in [4.78, 5) is 24.3. The van der Waals surface area contributed by atoms with Crippen LogP contribution in [0.3, 0.4) is 0 Å². The monoisotopic (exact) mass is 264 g/mol. The minimum absolute atomic E-state index is 0.0367. The zero-order valence-corrected chi connectivity index (χ0v) is 10.5. The third-order valence-electron chi connectivity index (χ3n) is 3.18. The molecule has 1 aromatic rings. The number of hydrogen-bond acceptors (Lipinski definition) is 3. The molecule has 1 aromatic carbocycles. The summed E-state index contributed by atoms with van der Waals surface area (Å²) in [5.74, 6) is -0.858. The number of aromatic hydroxyl groups is 1. The fourth-order valence-electron chi connectivity index (χ4n) is 1.83. The molecule has 1 unspecified atom stereocenters. The molecule has 0 saturated heterocycles. The van der Waals surface area contributed by atoms with Crippen LogP contribution in [0.5, 0.6) is 5.75 Å². The number of urea groups is 1. The standard InChI is InChI=1S/C13H16N2O4/c1-15(9-4-6-10(16)7-5-9)13(19)14-11(12(17)18)8-2-3-8/h4-8,11,16H,2-3H2,1H3,(H,14,19)(H,17,18). The van der Waals surface area contributed by atoms with Gasteiger partial charge in [-0.15, -0.1) is 0 Å². The van der Waals surface area contributed by atoms with E-state index in [1.54, 1.807) is 19.2 Å². The molecule has 1 fully saturated rings. The van der Waals surface area contributed by atoms with Crippen LogP contribution in [0.1, 0.15) is 12.8 Å². The Bertz CT molecular complexity index is 482. The average molecular weight is 264 g/mol. The Morgan fingerprint density at radius 2 is 1.89 bits per heavy atom. The molecule has 0 spiro atoms. The van der Waals surface area contributed by atoms with Gasteiger partial charge in [-0.3, -0.25) is 4.90 Å². The van der Waals surface area contributed by atoms with E-state index >= 15 is 0 Å². The number of aliphatic carboxylic acids is 1. The van der Waals surface area contributed by atoms with Crippen molar-refractivity contribution in [3.63, 3.8) is 0 Å². The highest BCUT2D eigenvalue weighted by atomic mass is 16.4. The molecule has 102 valence electrons. The SMILES string of the molecule is CN(C(=O)NC(C(=O)O)C1CC1)c1ccc(O)cc1. The fourth-order valence-corrected chi connectivity index (χ4v) is 1.83. The van der Waals surface area contributed by atoms with E-state index < -0.39 is 18.0 Å². The molecular formula is C13H16N2O4. The van der Waals surface area contributed by atoms with Crippen molar-refractivity contribution in [1.29, 1.82) is 0 Å². The Labute approximate surface area is 110 Å². The van der Waals surface area contributed by atoms with Crippen molar-refractivity contribution in [3.8, 4) is 5.75 Å². The van der Waals surface area contributed by atoms with Gasteiger partial charge >= 0.3 is 12.0 Å². The number of carboxylic acid groups (broad SMARTS) is 1. The van der Waals surface area contributed by atoms with Gasteiger partial charge in [-0.2, -0.15) is 0 Å². The largest absolute Gasteiger partial charge is 0.508 e. The lowest BCUT2D eigenvalue weighted by molar-refractivity contribution is -0.139. The number of nitrogens with one attached hydrogen (secondary N) is 1. The van der Waals surface area contributed by atoms with Gasteiger partial charge in [-0.25, -0.2) is 9.59 Å². The zero-order valence-electron chi connectivity index (χ0n) is 10.5. The summed E-state index contributed by atoms with van der Waals surface area (Å²) in [7, 11) is 1.55. The zero-order chi connectivity index (χ0) is 14.0. The van der Waals surface area contributed by atoms with E-state index in [9.17, 15) is 14.7 Å². The third-order valence-corrected chi connectivity index (χ3v) is 3.18. The maximum atomic E-state index is 12.0. The number of rotatable bonds is 4. The van der Waals surface area contributed by atoms with E-state index in [1.165, 1.54) is 17.0 Å². The number of nitrogens with zero attached hydrogens (tertiary/aromatic N) is 1. The first-order chi connectivity index (χ1) is 8.99. The predicted octanol–water partition coefficient (Wildman–Crippen LogP) is 1.40.